The molecule has 0 aliphatic heterocycles. The lowest BCUT2D eigenvalue weighted by Gasteiger charge is -2.16. The fourth-order valence-corrected chi connectivity index (χ4v) is 3.04. The third-order valence-electron chi connectivity index (χ3n) is 2.83. The van der Waals surface area contributed by atoms with E-state index in [1.54, 1.807) is 18.2 Å². The van der Waals surface area contributed by atoms with Crippen LogP contribution in [0.5, 0.6) is 0 Å². The molecule has 2 aromatic rings. The first-order valence-electron chi connectivity index (χ1n) is 5.62. The molecule has 0 aliphatic carbocycles. The summed E-state index contributed by atoms with van der Waals surface area (Å²) >= 11 is 6.58. The zero-order valence-electron chi connectivity index (χ0n) is 9.84. The molecule has 0 bridgehead atoms. The molecule has 1 unspecified atom stereocenters. The molecule has 0 amide bonds. The number of rotatable bonds is 3. The van der Waals surface area contributed by atoms with Gasteiger partial charge < -0.3 is 5.73 Å². The summed E-state index contributed by atoms with van der Waals surface area (Å²) in [6.45, 7) is 0. The van der Waals surface area contributed by atoms with Gasteiger partial charge in [0.1, 0.15) is 11.6 Å². The highest BCUT2D eigenvalue weighted by Crippen LogP contribution is 2.29. The first-order valence-corrected chi connectivity index (χ1v) is 7.21. The number of benzene rings is 2. The number of hydrogen-bond acceptors (Lipinski definition) is 1. The van der Waals surface area contributed by atoms with E-state index in [1.165, 1.54) is 18.2 Å². The Morgan fingerprint density at radius 3 is 2.42 bits per heavy atom. The fourth-order valence-electron chi connectivity index (χ4n) is 1.89. The smallest absolute Gasteiger partial charge is 0.129 e. The van der Waals surface area contributed by atoms with Gasteiger partial charge in [0.15, 0.2) is 0 Å². The largest absolute Gasteiger partial charge is 0.324 e. The Morgan fingerprint density at radius 2 is 1.79 bits per heavy atom. The predicted octanol–water partition coefficient (Wildman–Crippen LogP) is 4.73. The van der Waals surface area contributed by atoms with E-state index < -0.39 is 6.04 Å². The normalized spacial score (nSPS) is 12.5. The molecule has 0 aromatic heterocycles. The van der Waals surface area contributed by atoms with Gasteiger partial charge in [-0.3, -0.25) is 0 Å². The SMILES string of the molecule is NC(Cc1ccc(F)cc1Br)c1c(F)cccc1Br. The Morgan fingerprint density at radius 1 is 1.05 bits per heavy atom. The van der Waals surface area contributed by atoms with Gasteiger partial charge in [-0.1, -0.05) is 44.0 Å². The fraction of sp³-hybridized carbons (Fsp3) is 0.143. The molecule has 0 radical (unpaired) electrons. The van der Waals surface area contributed by atoms with Crippen LogP contribution in [0, 0.1) is 11.6 Å². The van der Waals surface area contributed by atoms with Crippen LogP contribution in [0.15, 0.2) is 45.3 Å². The highest BCUT2D eigenvalue weighted by atomic mass is 79.9. The summed E-state index contributed by atoms with van der Waals surface area (Å²) in [5, 5.41) is 0. The molecular formula is C14H11Br2F2N. The number of hydrogen-bond donors (Lipinski definition) is 1. The van der Waals surface area contributed by atoms with Gasteiger partial charge in [0.2, 0.25) is 0 Å². The second kappa shape index (κ2) is 6.11. The molecule has 1 atom stereocenters. The summed E-state index contributed by atoms with van der Waals surface area (Å²) in [4.78, 5) is 0. The topological polar surface area (TPSA) is 26.0 Å². The average Bonchev–Trinajstić information content (AvgIpc) is 2.32. The van der Waals surface area contributed by atoms with Crippen molar-refractivity contribution in [1.29, 1.82) is 0 Å². The van der Waals surface area contributed by atoms with Crippen molar-refractivity contribution >= 4 is 31.9 Å². The van der Waals surface area contributed by atoms with E-state index in [0.29, 0.717) is 20.9 Å². The minimum atomic E-state index is -0.502. The maximum Gasteiger partial charge on any atom is 0.129 e. The molecule has 2 rings (SSSR count). The highest BCUT2D eigenvalue weighted by molar-refractivity contribution is 9.10. The summed E-state index contributed by atoms with van der Waals surface area (Å²) in [7, 11) is 0. The zero-order valence-corrected chi connectivity index (χ0v) is 13.0. The van der Waals surface area contributed by atoms with E-state index >= 15 is 0 Å². The van der Waals surface area contributed by atoms with Crippen LogP contribution >= 0.6 is 31.9 Å². The van der Waals surface area contributed by atoms with Gasteiger partial charge >= 0.3 is 0 Å². The van der Waals surface area contributed by atoms with Crippen LogP contribution in [-0.4, -0.2) is 0 Å². The summed E-state index contributed by atoms with van der Waals surface area (Å²) in [6, 6.07) is 8.62. The van der Waals surface area contributed by atoms with E-state index in [2.05, 4.69) is 31.9 Å². The molecule has 0 fully saturated rings. The van der Waals surface area contributed by atoms with Crippen LogP contribution in [0.3, 0.4) is 0 Å². The van der Waals surface area contributed by atoms with Crippen molar-refractivity contribution in [3.63, 3.8) is 0 Å². The molecule has 0 heterocycles. The zero-order chi connectivity index (χ0) is 14.0. The van der Waals surface area contributed by atoms with Gasteiger partial charge in [0.25, 0.3) is 0 Å². The molecule has 2 aromatic carbocycles. The summed E-state index contributed by atoms with van der Waals surface area (Å²) in [5.74, 6) is -0.670. The van der Waals surface area contributed by atoms with Crippen LogP contribution in [0.1, 0.15) is 17.2 Å². The third kappa shape index (κ3) is 3.41. The Bertz CT molecular complexity index is 582. The second-order valence-electron chi connectivity index (χ2n) is 4.18. The van der Waals surface area contributed by atoms with Crippen molar-refractivity contribution in [1.82, 2.24) is 0 Å². The van der Waals surface area contributed by atoms with Gasteiger partial charge in [-0.15, -0.1) is 0 Å². The van der Waals surface area contributed by atoms with Crippen molar-refractivity contribution < 1.29 is 8.78 Å². The molecule has 1 nitrogen and oxygen atoms in total. The Kier molecular flexibility index (Phi) is 4.71. The molecule has 2 N–H and O–H groups in total. The van der Waals surface area contributed by atoms with Crippen LogP contribution in [-0.2, 0) is 6.42 Å². The van der Waals surface area contributed by atoms with Crippen molar-refractivity contribution in [2.24, 2.45) is 5.73 Å². The molecule has 0 saturated carbocycles. The number of nitrogens with two attached hydrogens (primary N) is 1. The van der Waals surface area contributed by atoms with E-state index in [4.69, 9.17) is 5.73 Å². The van der Waals surface area contributed by atoms with Crippen molar-refractivity contribution in [3.8, 4) is 0 Å². The van der Waals surface area contributed by atoms with Gasteiger partial charge in [0, 0.05) is 20.6 Å². The average molecular weight is 391 g/mol. The maximum atomic E-state index is 13.8. The quantitative estimate of drug-likeness (QED) is 0.805. The minimum absolute atomic E-state index is 0.323. The number of halogens is 4. The lowest BCUT2D eigenvalue weighted by molar-refractivity contribution is 0.577. The maximum absolute atomic E-state index is 13.8. The molecule has 19 heavy (non-hydrogen) atoms. The van der Waals surface area contributed by atoms with E-state index in [0.717, 1.165) is 5.56 Å². The first-order chi connectivity index (χ1) is 8.99. The van der Waals surface area contributed by atoms with Crippen LogP contribution in [0.4, 0.5) is 8.78 Å². The monoisotopic (exact) mass is 389 g/mol. The molecular weight excluding hydrogens is 380 g/mol. The van der Waals surface area contributed by atoms with E-state index in [9.17, 15) is 8.78 Å². The Balaban J connectivity index is 2.28. The Hall–Kier alpha value is -0.780. The summed E-state index contributed by atoms with van der Waals surface area (Å²) in [6.07, 6.45) is 0.417. The Labute approximate surface area is 127 Å². The van der Waals surface area contributed by atoms with E-state index in [1.807, 2.05) is 0 Å². The molecule has 100 valence electrons. The molecule has 0 aliphatic rings. The highest BCUT2D eigenvalue weighted by Gasteiger charge is 2.16. The standard InChI is InChI=1S/C14H11Br2F2N/c15-10-2-1-3-12(18)14(10)13(19)6-8-4-5-9(17)7-11(8)16/h1-5,7,13H,6,19H2. The van der Waals surface area contributed by atoms with Crippen molar-refractivity contribution in [2.75, 3.05) is 0 Å². The summed E-state index contributed by atoms with van der Waals surface area (Å²) in [5.41, 5.74) is 7.32. The van der Waals surface area contributed by atoms with Gasteiger partial charge in [0.05, 0.1) is 0 Å². The van der Waals surface area contributed by atoms with Crippen molar-refractivity contribution in [3.05, 3.63) is 68.1 Å². The van der Waals surface area contributed by atoms with Gasteiger partial charge in [-0.25, -0.2) is 8.78 Å². The van der Waals surface area contributed by atoms with Crippen LogP contribution in [0.2, 0.25) is 0 Å². The van der Waals surface area contributed by atoms with Crippen LogP contribution in [0.25, 0.3) is 0 Å². The third-order valence-corrected chi connectivity index (χ3v) is 4.26. The summed E-state index contributed by atoms with van der Waals surface area (Å²) < 4.78 is 28.1. The van der Waals surface area contributed by atoms with Crippen LogP contribution < -0.4 is 5.73 Å². The van der Waals surface area contributed by atoms with E-state index in [-0.39, 0.29) is 11.6 Å². The minimum Gasteiger partial charge on any atom is -0.324 e. The van der Waals surface area contributed by atoms with Gasteiger partial charge in [-0.2, -0.15) is 0 Å². The lowest BCUT2D eigenvalue weighted by atomic mass is 9.99. The first kappa shape index (κ1) is 14.6. The molecule has 5 heteroatoms. The predicted molar refractivity (Wildman–Crippen MR) is 78.8 cm³/mol. The van der Waals surface area contributed by atoms with Crippen molar-refractivity contribution in [2.45, 2.75) is 12.5 Å². The van der Waals surface area contributed by atoms with Gasteiger partial charge in [-0.05, 0) is 36.2 Å². The second-order valence-corrected chi connectivity index (χ2v) is 5.89. The molecule has 0 spiro atoms. The molecule has 0 saturated heterocycles. The lowest BCUT2D eigenvalue weighted by Crippen LogP contribution is -2.16.